The van der Waals surface area contributed by atoms with E-state index in [1.54, 1.807) is 13.3 Å². The molecule has 0 radical (unpaired) electrons. The van der Waals surface area contributed by atoms with E-state index in [1.807, 2.05) is 0 Å². The Hall–Kier alpha value is -1.30. The second-order valence-corrected chi connectivity index (χ2v) is 2.95. The molecule has 6 heteroatoms. The first-order valence-electron chi connectivity index (χ1n) is 3.51. The van der Waals surface area contributed by atoms with Gasteiger partial charge in [0.2, 0.25) is 0 Å². The van der Waals surface area contributed by atoms with Crippen molar-refractivity contribution >= 4 is 23.5 Å². The molecule has 0 aliphatic carbocycles. The van der Waals surface area contributed by atoms with E-state index in [0.29, 0.717) is 11.0 Å². The van der Waals surface area contributed by atoms with Gasteiger partial charge < -0.3 is 10.4 Å². The molecular weight excluding hydrogens is 190 g/mol. The number of carboxylic acids is 1. The van der Waals surface area contributed by atoms with Crippen molar-refractivity contribution in [3.63, 3.8) is 0 Å². The van der Waals surface area contributed by atoms with Gasteiger partial charge in [-0.25, -0.2) is 14.8 Å². The molecule has 1 aromatic heterocycles. The van der Waals surface area contributed by atoms with Crippen LogP contribution in [0.4, 0.5) is 5.82 Å². The molecule has 0 unspecified atom stereocenters. The quantitative estimate of drug-likeness (QED) is 0.557. The summed E-state index contributed by atoms with van der Waals surface area (Å²) in [5.74, 6) is -0.536. The van der Waals surface area contributed by atoms with Crippen molar-refractivity contribution in [3.8, 4) is 0 Å². The van der Waals surface area contributed by atoms with Crippen molar-refractivity contribution in [3.05, 3.63) is 11.8 Å². The molecule has 0 fully saturated rings. The van der Waals surface area contributed by atoms with Crippen LogP contribution in [0.25, 0.3) is 0 Å². The molecular formula is C7H9N3O2S. The lowest BCUT2D eigenvalue weighted by molar-refractivity contribution is 0.0689. The molecule has 0 saturated carbocycles. The van der Waals surface area contributed by atoms with E-state index in [9.17, 15) is 4.79 Å². The Kier molecular flexibility index (Phi) is 3.07. The van der Waals surface area contributed by atoms with Crippen molar-refractivity contribution in [2.45, 2.75) is 5.16 Å². The van der Waals surface area contributed by atoms with E-state index < -0.39 is 5.97 Å². The number of carboxylic acid groups (broad SMARTS) is 1. The summed E-state index contributed by atoms with van der Waals surface area (Å²) in [5.41, 5.74) is 0.00343. The summed E-state index contributed by atoms with van der Waals surface area (Å²) >= 11 is 1.30. The Morgan fingerprint density at radius 1 is 1.62 bits per heavy atom. The molecule has 0 saturated heterocycles. The fourth-order valence-corrected chi connectivity index (χ4v) is 1.13. The fourth-order valence-electron chi connectivity index (χ4n) is 0.754. The molecule has 2 N–H and O–H groups in total. The third kappa shape index (κ3) is 2.32. The molecule has 0 atom stereocenters. The monoisotopic (exact) mass is 199 g/mol. The molecule has 13 heavy (non-hydrogen) atoms. The van der Waals surface area contributed by atoms with E-state index in [-0.39, 0.29) is 5.69 Å². The maximum Gasteiger partial charge on any atom is 0.354 e. The number of anilines is 1. The van der Waals surface area contributed by atoms with Gasteiger partial charge in [-0.15, -0.1) is 0 Å². The minimum atomic E-state index is -1.05. The first kappa shape index (κ1) is 9.79. The molecule has 0 amide bonds. The van der Waals surface area contributed by atoms with Crippen LogP contribution in [-0.4, -0.2) is 34.3 Å². The predicted molar refractivity (Wildman–Crippen MR) is 50.3 cm³/mol. The standard InChI is InChI=1S/C7H9N3O2S/c1-8-5-3-4(6(11)12)9-7(10-5)13-2/h3H,1-2H3,(H,11,12)(H,8,9,10). The number of aromatic carboxylic acids is 1. The summed E-state index contributed by atoms with van der Waals surface area (Å²) in [4.78, 5) is 18.5. The van der Waals surface area contributed by atoms with Crippen LogP contribution in [0.15, 0.2) is 11.2 Å². The molecule has 70 valence electrons. The van der Waals surface area contributed by atoms with Gasteiger partial charge in [0.25, 0.3) is 0 Å². The number of aromatic nitrogens is 2. The van der Waals surface area contributed by atoms with Gasteiger partial charge in [0, 0.05) is 13.1 Å². The van der Waals surface area contributed by atoms with Crippen LogP contribution < -0.4 is 5.32 Å². The molecule has 0 aliphatic rings. The lowest BCUT2D eigenvalue weighted by Gasteiger charge is -2.02. The highest BCUT2D eigenvalue weighted by atomic mass is 32.2. The van der Waals surface area contributed by atoms with Gasteiger partial charge >= 0.3 is 5.97 Å². The van der Waals surface area contributed by atoms with E-state index >= 15 is 0 Å². The van der Waals surface area contributed by atoms with Crippen LogP contribution in [0.5, 0.6) is 0 Å². The van der Waals surface area contributed by atoms with Crippen molar-refractivity contribution in [1.29, 1.82) is 0 Å². The molecule has 5 nitrogen and oxygen atoms in total. The Bertz CT molecular complexity index is 307. The number of carbonyl (C=O) groups is 1. The largest absolute Gasteiger partial charge is 0.477 e. The molecule has 1 rings (SSSR count). The average molecular weight is 199 g/mol. The van der Waals surface area contributed by atoms with Crippen molar-refractivity contribution < 1.29 is 9.90 Å². The maximum atomic E-state index is 10.6. The summed E-state index contributed by atoms with van der Waals surface area (Å²) < 4.78 is 0. The van der Waals surface area contributed by atoms with E-state index in [0.717, 1.165) is 0 Å². The SMILES string of the molecule is CNc1cc(C(=O)O)nc(SC)n1. The first-order valence-corrected chi connectivity index (χ1v) is 4.74. The van der Waals surface area contributed by atoms with Gasteiger partial charge in [-0.05, 0) is 6.26 Å². The van der Waals surface area contributed by atoms with Gasteiger partial charge in [-0.3, -0.25) is 0 Å². The smallest absolute Gasteiger partial charge is 0.354 e. The molecule has 0 bridgehead atoms. The number of nitrogens with one attached hydrogen (secondary N) is 1. The lowest BCUT2D eigenvalue weighted by atomic mass is 10.4. The third-order valence-electron chi connectivity index (χ3n) is 1.36. The van der Waals surface area contributed by atoms with Crippen LogP contribution in [0.1, 0.15) is 10.5 Å². The number of thioether (sulfide) groups is 1. The Morgan fingerprint density at radius 2 is 2.31 bits per heavy atom. The summed E-state index contributed by atoms with van der Waals surface area (Å²) in [7, 11) is 1.68. The Morgan fingerprint density at radius 3 is 2.77 bits per heavy atom. The first-order chi connectivity index (χ1) is 6.17. The molecule has 1 heterocycles. The van der Waals surface area contributed by atoms with Crippen molar-refractivity contribution in [1.82, 2.24) is 9.97 Å². The zero-order valence-electron chi connectivity index (χ0n) is 7.24. The van der Waals surface area contributed by atoms with Gasteiger partial charge in [-0.2, -0.15) is 0 Å². The topological polar surface area (TPSA) is 75.1 Å². The maximum absolute atomic E-state index is 10.6. The number of hydrogen-bond acceptors (Lipinski definition) is 5. The minimum absolute atomic E-state index is 0.00343. The zero-order chi connectivity index (χ0) is 9.84. The second kappa shape index (κ2) is 4.08. The average Bonchev–Trinajstić information content (AvgIpc) is 2.16. The highest BCUT2D eigenvalue weighted by Gasteiger charge is 2.08. The Labute approximate surface area is 79.6 Å². The summed E-state index contributed by atoms with van der Waals surface area (Å²) in [5, 5.41) is 11.9. The predicted octanol–water partition coefficient (Wildman–Crippen LogP) is 0.938. The minimum Gasteiger partial charge on any atom is -0.477 e. The third-order valence-corrected chi connectivity index (χ3v) is 1.91. The van der Waals surface area contributed by atoms with Crippen LogP contribution in [-0.2, 0) is 0 Å². The van der Waals surface area contributed by atoms with Gasteiger partial charge in [0.05, 0.1) is 0 Å². The normalized spacial score (nSPS) is 9.69. The highest BCUT2D eigenvalue weighted by molar-refractivity contribution is 7.98. The van der Waals surface area contributed by atoms with E-state index in [2.05, 4.69) is 15.3 Å². The summed E-state index contributed by atoms with van der Waals surface area (Å²) in [6.07, 6.45) is 1.79. The van der Waals surface area contributed by atoms with Gasteiger partial charge in [0.15, 0.2) is 10.9 Å². The zero-order valence-corrected chi connectivity index (χ0v) is 8.05. The lowest BCUT2D eigenvalue weighted by Crippen LogP contribution is -2.05. The Balaban J connectivity index is 3.14. The van der Waals surface area contributed by atoms with Crippen LogP contribution >= 0.6 is 11.8 Å². The van der Waals surface area contributed by atoms with Gasteiger partial charge in [0.1, 0.15) is 5.82 Å². The molecule has 0 aromatic carbocycles. The van der Waals surface area contributed by atoms with Crippen LogP contribution in [0, 0.1) is 0 Å². The molecule has 1 aromatic rings. The van der Waals surface area contributed by atoms with Crippen molar-refractivity contribution in [2.24, 2.45) is 0 Å². The summed E-state index contributed by atoms with van der Waals surface area (Å²) in [6, 6.07) is 1.39. The highest BCUT2D eigenvalue weighted by Crippen LogP contribution is 2.13. The summed E-state index contributed by atoms with van der Waals surface area (Å²) in [6.45, 7) is 0. The fraction of sp³-hybridized carbons (Fsp3) is 0.286. The van der Waals surface area contributed by atoms with Crippen LogP contribution in [0.2, 0.25) is 0 Å². The molecule has 0 aliphatic heterocycles. The number of hydrogen-bond donors (Lipinski definition) is 2. The van der Waals surface area contributed by atoms with Crippen LogP contribution in [0.3, 0.4) is 0 Å². The number of rotatable bonds is 3. The van der Waals surface area contributed by atoms with E-state index in [4.69, 9.17) is 5.11 Å². The van der Waals surface area contributed by atoms with Crippen molar-refractivity contribution in [2.75, 3.05) is 18.6 Å². The van der Waals surface area contributed by atoms with Gasteiger partial charge in [-0.1, -0.05) is 11.8 Å². The second-order valence-electron chi connectivity index (χ2n) is 2.18. The molecule has 0 spiro atoms. The number of nitrogens with zero attached hydrogens (tertiary/aromatic N) is 2. The van der Waals surface area contributed by atoms with E-state index in [1.165, 1.54) is 17.8 Å².